The smallest absolute Gasteiger partial charge is 0.182 e. The molecule has 1 heterocycles. The quantitative estimate of drug-likeness (QED) is 0.718. The summed E-state index contributed by atoms with van der Waals surface area (Å²) >= 11 is 0. The van der Waals surface area contributed by atoms with Gasteiger partial charge in [-0.1, -0.05) is 6.92 Å². The Morgan fingerprint density at radius 2 is 2.36 bits per heavy atom. The van der Waals surface area contributed by atoms with Gasteiger partial charge in [0.2, 0.25) is 0 Å². The van der Waals surface area contributed by atoms with E-state index in [9.17, 15) is 4.79 Å². The number of hydrogen-bond acceptors (Lipinski definition) is 3. The van der Waals surface area contributed by atoms with E-state index in [1.807, 2.05) is 13.8 Å². The Bertz CT molecular complexity index is 306. The molecule has 1 aromatic rings. The van der Waals surface area contributed by atoms with Gasteiger partial charge >= 0.3 is 0 Å². The first kappa shape index (κ1) is 10.9. The van der Waals surface area contributed by atoms with Crippen molar-refractivity contribution in [1.82, 2.24) is 9.78 Å². The molecule has 0 fully saturated rings. The zero-order valence-corrected chi connectivity index (χ0v) is 8.73. The summed E-state index contributed by atoms with van der Waals surface area (Å²) in [5, 5.41) is 4.04. The fourth-order valence-electron chi connectivity index (χ4n) is 1.31. The summed E-state index contributed by atoms with van der Waals surface area (Å²) in [5.41, 5.74) is 6.38. The third-order valence-corrected chi connectivity index (χ3v) is 2.27. The van der Waals surface area contributed by atoms with Crippen LogP contribution in [-0.4, -0.2) is 21.6 Å². The van der Waals surface area contributed by atoms with Gasteiger partial charge in [0.05, 0.1) is 0 Å². The number of rotatable bonds is 5. The van der Waals surface area contributed by atoms with E-state index in [0.29, 0.717) is 12.1 Å². The number of aromatic nitrogens is 2. The number of hydrogen-bond donors (Lipinski definition) is 1. The van der Waals surface area contributed by atoms with Gasteiger partial charge in [0, 0.05) is 25.2 Å². The number of carbonyl (C=O) groups is 1. The fraction of sp³-hybridized carbons (Fsp3) is 0.600. The van der Waals surface area contributed by atoms with Gasteiger partial charge in [-0.2, -0.15) is 5.10 Å². The van der Waals surface area contributed by atoms with Crippen molar-refractivity contribution in [3.63, 3.8) is 0 Å². The Kier molecular flexibility index (Phi) is 3.83. The highest BCUT2D eigenvalue weighted by atomic mass is 16.1. The van der Waals surface area contributed by atoms with Crippen LogP contribution < -0.4 is 5.73 Å². The highest BCUT2D eigenvalue weighted by Gasteiger charge is 2.13. The molecule has 78 valence electrons. The van der Waals surface area contributed by atoms with Crippen LogP contribution in [0.5, 0.6) is 0 Å². The molecule has 1 aromatic heterocycles. The lowest BCUT2D eigenvalue weighted by Crippen LogP contribution is -2.24. The Labute approximate surface area is 84.1 Å². The summed E-state index contributed by atoms with van der Waals surface area (Å²) in [5.74, 6) is 0.0821. The van der Waals surface area contributed by atoms with E-state index < -0.39 is 0 Å². The maximum absolute atomic E-state index is 11.7. The zero-order chi connectivity index (χ0) is 10.6. The van der Waals surface area contributed by atoms with Crippen molar-refractivity contribution < 1.29 is 4.79 Å². The summed E-state index contributed by atoms with van der Waals surface area (Å²) in [6, 6.07) is 1.71. The summed E-state index contributed by atoms with van der Waals surface area (Å²) in [6.45, 7) is 4.66. The first-order valence-electron chi connectivity index (χ1n) is 4.99. The second kappa shape index (κ2) is 4.91. The van der Waals surface area contributed by atoms with Crippen LogP contribution in [-0.2, 0) is 6.54 Å². The van der Waals surface area contributed by atoms with Crippen molar-refractivity contribution in [3.05, 3.63) is 18.0 Å². The molecule has 0 saturated carbocycles. The summed E-state index contributed by atoms with van der Waals surface area (Å²) in [4.78, 5) is 11.7. The van der Waals surface area contributed by atoms with Crippen LogP contribution in [0.25, 0.3) is 0 Å². The van der Waals surface area contributed by atoms with Crippen LogP contribution in [0.1, 0.15) is 37.2 Å². The molecule has 4 nitrogen and oxygen atoms in total. The standard InChI is InChI=1S/C10H17N3O/c1-3-8(11)7-10(14)9-5-6-12-13(9)4-2/h5-6,8H,3-4,7,11H2,1-2H3. The lowest BCUT2D eigenvalue weighted by atomic mass is 10.1. The van der Waals surface area contributed by atoms with Crippen molar-refractivity contribution in [3.8, 4) is 0 Å². The molecule has 0 aromatic carbocycles. The molecule has 14 heavy (non-hydrogen) atoms. The van der Waals surface area contributed by atoms with Gasteiger partial charge in [-0.05, 0) is 19.4 Å². The van der Waals surface area contributed by atoms with E-state index >= 15 is 0 Å². The Morgan fingerprint density at radius 3 is 2.93 bits per heavy atom. The molecule has 0 saturated heterocycles. The molecule has 0 spiro atoms. The van der Waals surface area contributed by atoms with Crippen LogP contribution >= 0.6 is 0 Å². The normalized spacial score (nSPS) is 12.8. The predicted octanol–water partition coefficient (Wildman–Crippen LogP) is 1.21. The Morgan fingerprint density at radius 1 is 1.64 bits per heavy atom. The molecule has 0 aliphatic heterocycles. The van der Waals surface area contributed by atoms with Crippen LogP contribution in [0.4, 0.5) is 0 Å². The third-order valence-electron chi connectivity index (χ3n) is 2.27. The molecular weight excluding hydrogens is 178 g/mol. The average molecular weight is 195 g/mol. The zero-order valence-electron chi connectivity index (χ0n) is 8.73. The first-order chi connectivity index (χ1) is 6.69. The summed E-state index contributed by atoms with van der Waals surface area (Å²) in [7, 11) is 0. The minimum atomic E-state index is -0.0392. The SMILES string of the molecule is CCC(N)CC(=O)c1ccnn1CC. The number of carbonyl (C=O) groups excluding carboxylic acids is 1. The lowest BCUT2D eigenvalue weighted by Gasteiger charge is -2.08. The van der Waals surface area contributed by atoms with E-state index in [1.54, 1.807) is 16.9 Å². The van der Waals surface area contributed by atoms with E-state index in [-0.39, 0.29) is 11.8 Å². The molecule has 1 atom stereocenters. The van der Waals surface area contributed by atoms with Crippen LogP contribution in [0.15, 0.2) is 12.3 Å². The van der Waals surface area contributed by atoms with Crippen molar-refractivity contribution in [2.45, 2.75) is 39.3 Å². The van der Waals surface area contributed by atoms with Crippen molar-refractivity contribution >= 4 is 5.78 Å². The van der Waals surface area contributed by atoms with E-state index in [0.717, 1.165) is 13.0 Å². The van der Waals surface area contributed by atoms with E-state index in [2.05, 4.69) is 5.10 Å². The molecular formula is C10H17N3O. The Hall–Kier alpha value is -1.16. The number of Topliss-reactive ketones (excluding diaryl/α,β-unsaturated/α-hetero) is 1. The highest BCUT2D eigenvalue weighted by molar-refractivity contribution is 5.94. The Balaban J connectivity index is 2.69. The van der Waals surface area contributed by atoms with Crippen molar-refractivity contribution in [2.75, 3.05) is 0 Å². The van der Waals surface area contributed by atoms with Crippen LogP contribution in [0, 0.1) is 0 Å². The maximum atomic E-state index is 11.7. The second-order valence-electron chi connectivity index (χ2n) is 3.33. The lowest BCUT2D eigenvalue weighted by molar-refractivity contribution is 0.0963. The van der Waals surface area contributed by atoms with Gasteiger partial charge in [0.15, 0.2) is 5.78 Å². The minimum absolute atomic E-state index is 0.0392. The number of nitrogens with two attached hydrogens (primary N) is 1. The van der Waals surface area contributed by atoms with E-state index in [1.165, 1.54) is 0 Å². The van der Waals surface area contributed by atoms with Gasteiger partial charge in [-0.25, -0.2) is 0 Å². The monoisotopic (exact) mass is 195 g/mol. The molecule has 0 aliphatic rings. The maximum Gasteiger partial charge on any atom is 0.182 e. The second-order valence-corrected chi connectivity index (χ2v) is 3.33. The van der Waals surface area contributed by atoms with Gasteiger partial charge in [0.1, 0.15) is 5.69 Å². The van der Waals surface area contributed by atoms with Gasteiger partial charge in [-0.3, -0.25) is 9.48 Å². The number of nitrogens with zero attached hydrogens (tertiary/aromatic N) is 2. The predicted molar refractivity (Wildman–Crippen MR) is 55.1 cm³/mol. The van der Waals surface area contributed by atoms with Crippen LogP contribution in [0.2, 0.25) is 0 Å². The van der Waals surface area contributed by atoms with Crippen LogP contribution in [0.3, 0.4) is 0 Å². The van der Waals surface area contributed by atoms with Gasteiger partial charge < -0.3 is 5.73 Å². The summed E-state index contributed by atoms with van der Waals surface area (Å²) < 4.78 is 1.70. The van der Waals surface area contributed by atoms with E-state index in [4.69, 9.17) is 5.73 Å². The molecule has 4 heteroatoms. The largest absolute Gasteiger partial charge is 0.327 e. The minimum Gasteiger partial charge on any atom is -0.327 e. The number of ketones is 1. The number of aryl methyl sites for hydroxylation is 1. The molecule has 1 unspecified atom stereocenters. The molecule has 0 bridgehead atoms. The molecule has 1 rings (SSSR count). The molecule has 0 amide bonds. The van der Waals surface area contributed by atoms with Crippen molar-refractivity contribution in [1.29, 1.82) is 0 Å². The van der Waals surface area contributed by atoms with Gasteiger partial charge in [-0.15, -0.1) is 0 Å². The topological polar surface area (TPSA) is 60.9 Å². The average Bonchev–Trinajstić information content (AvgIpc) is 2.65. The third kappa shape index (κ3) is 2.42. The molecule has 0 aliphatic carbocycles. The first-order valence-corrected chi connectivity index (χ1v) is 4.99. The highest BCUT2D eigenvalue weighted by Crippen LogP contribution is 2.06. The summed E-state index contributed by atoms with van der Waals surface area (Å²) in [6.07, 6.45) is 2.88. The van der Waals surface area contributed by atoms with Gasteiger partial charge in [0.25, 0.3) is 0 Å². The molecule has 0 radical (unpaired) electrons. The molecule has 2 N–H and O–H groups in total. The van der Waals surface area contributed by atoms with Crippen molar-refractivity contribution in [2.24, 2.45) is 5.73 Å². The fourth-order valence-corrected chi connectivity index (χ4v) is 1.31.